The van der Waals surface area contributed by atoms with E-state index in [1.54, 1.807) is 27.4 Å². The molecule has 0 bridgehead atoms. The summed E-state index contributed by atoms with van der Waals surface area (Å²) in [4.78, 5) is 4.42. The standard InChI is InChI=1S/C19H22N4O4/c1-24-13-5-7-14(8-6-13)27-11-17-21-19(23-22-17)18(20)12-4-9-15(25-2)16(10-12)26-3/h4-10,18H,11,20H2,1-3H3,(H,21,22,23)/t18-/m1/s1. The third-order valence-corrected chi connectivity index (χ3v) is 4.03. The van der Waals surface area contributed by atoms with Gasteiger partial charge in [0.05, 0.1) is 27.4 Å². The van der Waals surface area contributed by atoms with Crippen molar-refractivity contribution in [3.8, 4) is 23.0 Å². The number of nitrogens with two attached hydrogens (primary N) is 1. The van der Waals surface area contributed by atoms with E-state index >= 15 is 0 Å². The highest BCUT2D eigenvalue weighted by Crippen LogP contribution is 2.30. The first-order chi connectivity index (χ1) is 13.1. The van der Waals surface area contributed by atoms with E-state index in [4.69, 9.17) is 24.7 Å². The zero-order valence-corrected chi connectivity index (χ0v) is 15.4. The van der Waals surface area contributed by atoms with Gasteiger partial charge in [-0.3, -0.25) is 5.10 Å². The van der Waals surface area contributed by atoms with Crippen LogP contribution >= 0.6 is 0 Å². The second-order valence-corrected chi connectivity index (χ2v) is 5.70. The summed E-state index contributed by atoms with van der Waals surface area (Å²) in [6, 6.07) is 12.3. The maximum absolute atomic E-state index is 6.29. The van der Waals surface area contributed by atoms with Gasteiger partial charge in [-0.1, -0.05) is 6.07 Å². The molecule has 142 valence electrons. The Kier molecular flexibility index (Phi) is 5.77. The van der Waals surface area contributed by atoms with E-state index < -0.39 is 6.04 Å². The Morgan fingerprint density at radius 1 is 0.926 bits per heavy atom. The zero-order valence-electron chi connectivity index (χ0n) is 15.4. The highest BCUT2D eigenvalue weighted by molar-refractivity contribution is 5.44. The number of benzene rings is 2. The van der Waals surface area contributed by atoms with Crippen LogP contribution in [-0.2, 0) is 6.61 Å². The maximum Gasteiger partial charge on any atom is 0.172 e. The molecular formula is C19H22N4O4. The molecule has 3 N–H and O–H groups in total. The second-order valence-electron chi connectivity index (χ2n) is 5.70. The molecule has 0 aliphatic heterocycles. The Morgan fingerprint density at radius 2 is 1.63 bits per heavy atom. The average molecular weight is 370 g/mol. The normalized spacial score (nSPS) is 11.7. The minimum Gasteiger partial charge on any atom is -0.497 e. The number of nitrogens with zero attached hydrogens (tertiary/aromatic N) is 2. The number of rotatable bonds is 8. The van der Waals surface area contributed by atoms with Crippen molar-refractivity contribution in [1.29, 1.82) is 0 Å². The predicted molar refractivity (Wildman–Crippen MR) is 99.3 cm³/mol. The van der Waals surface area contributed by atoms with E-state index in [9.17, 15) is 0 Å². The fourth-order valence-electron chi connectivity index (χ4n) is 2.53. The van der Waals surface area contributed by atoms with E-state index in [-0.39, 0.29) is 6.61 Å². The number of aromatic amines is 1. The first kappa shape index (κ1) is 18.5. The van der Waals surface area contributed by atoms with Crippen LogP contribution in [0.4, 0.5) is 0 Å². The summed E-state index contributed by atoms with van der Waals surface area (Å²) in [5.74, 6) is 3.76. The summed E-state index contributed by atoms with van der Waals surface area (Å²) in [5.41, 5.74) is 7.10. The van der Waals surface area contributed by atoms with Gasteiger partial charge in [0.2, 0.25) is 0 Å². The molecule has 3 aromatic rings. The van der Waals surface area contributed by atoms with Crippen LogP contribution in [0.25, 0.3) is 0 Å². The summed E-state index contributed by atoms with van der Waals surface area (Å²) in [6.45, 7) is 0.248. The van der Waals surface area contributed by atoms with Crippen LogP contribution in [0.1, 0.15) is 23.3 Å². The highest BCUT2D eigenvalue weighted by Gasteiger charge is 2.17. The first-order valence-electron chi connectivity index (χ1n) is 8.30. The lowest BCUT2D eigenvalue weighted by Gasteiger charge is -2.12. The highest BCUT2D eigenvalue weighted by atomic mass is 16.5. The average Bonchev–Trinajstić information content (AvgIpc) is 3.20. The minimum atomic E-state index is -0.504. The van der Waals surface area contributed by atoms with E-state index in [2.05, 4.69) is 15.2 Å². The third-order valence-electron chi connectivity index (χ3n) is 4.03. The molecule has 1 heterocycles. The fraction of sp³-hybridized carbons (Fsp3) is 0.263. The Morgan fingerprint density at radius 3 is 2.30 bits per heavy atom. The minimum absolute atomic E-state index is 0.248. The van der Waals surface area contributed by atoms with E-state index in [0.717, 1.165) is 11.3 Å². The largest absolute Gasteiger partial charge is 0.497 e. The molecule has 0 spiro atoms. The number of aromatic nitrogens is 3. The van der Waals surface area contributed by atoms with Crippen LogP contribution in [0.2, 0.25) is 0 Å². The maximum atomic E-state index is 6.29. The van der Waals surface area contributed by atoms with Gasteiger partial charge in [0, 0.05) is 0 Å². The molecule has 1 atom stereocenters. The van der Waals surface area contributed by atoms with Gasteiger partial charge < -0.3 is 24.7 Å². The summed E-state index contributed by atoms with van der Waals surface area (Å²) < 4.78 is 21.4. The molecule has 0 fully saturated rings. The van der Waals surface area contributed by atoms with Crippen LogP contribution in [0.15, 0.2) is 42.5 Å². The van der Waals surface area contributed by atoms with Gasteiger partial charge in [-0.15, -0.1) is 0 Å². The Balaban J connectivity index is 1.67. The molecule has 2 aromatic carbocycles. The molecule has 27 heavy (non-hydrogen) atoms. The lowest BCUT2D eigenvalue weighted by molar-refractivity contribution is 0.295. The fourth-order valence-corrected chi connectivity index (χ4v) is 2.53. The van der Waals surface area contributed by atoms with E-state index in [1.165, 1.54) is 0 Å². The monoisotopic (exact) mass is 370 g/mol. The summed E-state index contributed by atoms with van der Waals surface area (Å²) in [7, 11) is 4.78. The van der Waals surface area contributed by atoms with Crippen LogP contribution < -0.4 is 24.7 Å². The number of hydrogen-bond donors (Lipinski definition) is 2. The van der Waals surface area contributed by atoms with Crippen molar-refractivity contribution in [2.24, 2.45) is 5.73 Å². The summed E-state index contributed by atoms with van der Waals surface area (Å²) >= 11 is 0. The van der Waals surface area contributed by atoms with Crippen molar-refractivity contribution in [2.75, 3.05) is 21.3 Å². The molecule has 0 saturated heterocycles. The molecule has 8 nitrogen and oxygen atoms in total. The van der Waals surface area contributed by atoms with Crippen LogP contribution in [0.5, 0.6) is 23.0 Å². The number of ether oxygens (including phenoxy) is 4. The molecule has 0 unspecified atom stereocenters. The van der Waals surface area contributed by atoms with Gasteiger partial charge in [0.25, 0.3) is 0 Å². The van der Waals surface area contributed by atoms with Gasteiger partial charge in [0.1, 0.15) is 18.1 Å². The molecular weight excluding hydrogens is 348 g/mol. The molecule has 3 rings (SSSR count). The third kappa shape index (κ3) is 4.29. The lowest BCUT2D eigenvalue weighted by atomic mass is 10.1. The van der Waals surface area contributed by atoms with Gasteiger partial charge in [-0.2, -0.15) is 5.10 Å². The smallest absolute Gasteiger partial charge is 0.172 e. The molecule has 0 aliphatic carbocycles. The van der Waals surface area contributed by atoms with Gasteiger partial charge in [-0.25, -0.2) is 4.98 Å². The molecule has 1 aromatic heterocycles. The number of nitrogens with one attached hydrogen (secondary N) is 1. The van der Waals surface area contributed by atoms with Gasteiger partial charge >= 0.3 is 0 Å². The van der Waals surface area contributed by atoms with Crippen molar-refractivity contribution in [1.82, 2.24) is 15.2 Å². The van der Waals surface area contributed by atoms with Crippen LogP contribution in [-0.4, -0.2) is 36.5 Å². The zero-order chi connectivity index (χ0) is 19.2. The Hall–Kier alpha value is -3.26. The van der Waals surface area contributed by atoms with Crippen molar-refractivity contribution >= 4 is 0 Å². The molecule has 8 heteroatoms. The lowest BCUT2D eigenvalue weighted by Crippen LogP contribution is -2.14. The molecule has 0 aliphatic rings. The molecule has 0 radical (unpaired) electrons. The summed E-state index contributed by atoms with van der Waals surface area (Å²) in [5, 5.41) is 7.05. The second kappa shape index (κ2) is 8.41. The van der Waals surface area contributed by atoms with E-state index in [0.29, 0.717) is 28.9 Å². The van der Waals surface area contributed by atoms with Crippen LogP contribution in [0.3, 0.4) is 0 Å². The first-order valence-corrected chi connectivity index (χ1v) is 8.30. The van der Waals surface area contributed by atoms with Gasteiger partial charge in [-0.05, 0) is 42.0 Å². The predicted octanol–water partition coefficient (Wildman–Crippen LogP) is 2.46. The Labute approximate surface area is 157 Å². The number of hydrogen-bond acceptors (Lipinski definition) is 7. The molecule has 0 saturated carbocycles. The summed E-state index contributed by atoms with van der Waals surface area (Å²) in [6.07, 6.45) is 0. The molecule has 0 amide bonds. The van der Waals surface area contributed by atoms with Crippen molar-refractivity contribution in [3.63, 3.8) is 0 Å². The Bertz CT molecular complexity index is 880. The SMILES string of the molecule is COc1ccc(OCc2nc([C@H](N)c3ccc(OC)c(OC)c3)n[nH]2)cc1. The van der Waals surface area contributed by atoms with Gasteiger partial charge in [0.15, 0.2) is 23.1 Å². The number of H-pyrrole nitrogens is 1. The van der Waals surface area contributed by atoms with E-state index in [1.807, 2.05) is 36.4 Å². The van der Waals surface area contributed by atoms with Crippen molar-refractivity contribution in [2.45, 2.75) is 12.6 Å². The van der Waals surface area contributed by atoms with Crippen molar-refractivity contribution in [3.05, 3.63) is 59.7 Å². The quantitative estimate of drug-likeness (QED) is 0.627. The van der Waals surface area contributed by atoms with Crippen LogP contribution in [0, 0.1) is 0 Å². The number of methoxy groups -OCH3 is 3. The van der Waals surface area contributed by atoms with Crippen molar-refractivity contribution < 1.29 is 18.9 Å². The topological polar surface area (TPSA) is 105 Å².